The molecule has 5 nitrogen and oxygen atoms in total. The molecule has 0 spiro atoms. The predicted octanol–water partition coefficient (Wildman–Crippen LogP) is 2.76. The average molecular weight is 332 g/mol. The van der Waals surface area contributed by atoms with Crippen LogP contribution in [0.5, 0.6) is 0 Å². The first kappa shape index (κ1) is 16.3. The van der Waals surface area contributed by atoms with Crippen LogP contribution in [0.2, 0.25) is 0 Å². The second-order valence-electron chi connectivity index (χ2n) is 5.13. The zero-order valence-corrected chi connectivity index (χ0v) is 13.3. The van der Waals surface area contributed by atoms with Gasteiger partial charge in [0.05, 0.1) is 11.0 Å². The van der Waals surface area contributed by atoms with E-state index in [0.29, 0.717) is 30.7 Å². The van der Waals surface area contributed by atoms with Crippen LogP contribution < -0.4 is 5.32 Å². The Morgan fingerprint density at radius 2 is 1.95 bits per heavy atom. The zero-order chi connectivity index (χ0) is 15.5. The molecule has 21 heavy (non-hydrogen) atoms. The summed E-state index contributed by atoms with van der Waals surface area (Å²) in [6, 6.07) is 5.78. The topological polar surface area (TPSA) is 72.5 Å². The normalized spacial score (nSPS) is 21.6. The van der Waals surface area contributed by atoms with Gasteiger partial charge in [0.2, 0.25) is 5.91 Å². The van der Waals surface area contributed by atoms with Crippen molar-refractivity contribution >= 4 is 31.3 Å². The molecule has 0 unspecified atom stereocenters. The molecule has 0 aromatic heterocycles. The number of amides is 1. The van der Waals surface area contributed by atoms with Crippen LogP contribution in [-0.4, -0.2) is 27.0 Å². The van der Waals surface area contributed by atoms with Gasteiger partial charge in [-0.15, -0.1) is 0 Å². The molecule has 0 saturated heterocycles. The minimum Gasteiger partial charge on any atom is -0.378 e. The van der Waals surface area contributed by atoms with Crippen molar-refractivity contribution in [1.29, 1.82) is 0 Å². The van der Waals surface area contributed by atoms with Crippen molar-refractivity contribution in [3.63, 3.8) is 0 Å². The number of hydrogen-bond acceptors (Lipinski definition) is 4. The van der Waals surface area contributed by atoms with Crippen LogP contribution in [0.15, 0.2) is 29.2 Å². The largest absolute Gasteiger partial charge is 0.378 e. The maximum absolute atomic E-state index is 11.9. The molecule has 1 aliphatic rings. The lowest BCUT2D eigenvalue weighted by Gasteiger charge is -2.34. The first-order chi connectivity index (χ1) is 9.88. The zero-order valence-electron chi connectivity index (χ0n) is 11.7. The Kier molecular flexibility index (Phi) is 5.24. The highest BCUT2D eigenvalue weighted by molar-refractivity contribution is 8.13. The molecule has 0 heterocycles. The maximum atomic E-state index is 11.9. The second-order valence-corrected chi connectivity index (χ2v) is 7.70. The summed E-state index contributed by atoms with van der Waals surface area (Å²) in [5.41, 5.74) is 0.560. The van der Waals surface area contributed by atoms with Crippen molar-refractivity contribution in [3.05, 3.63) is 24.3 Å². The number of halogens is 1. The molecule has 116 valence electrons. The molecule has 1 amide bonds. The summed E-state index contributed by atoms with van der Waals surface area (Å²) in [6.45, 7) is 2.67. The molecule has 2 rings (SSSR count). The summed E-state index contributed by atoms with van der Waals surface area (Å²) in [6.07, 6.45) is 2.59. The SMILES string of the molecule is CCOC1CC(CC(=O)Nc2ccc(S(=O)(=O)Cl)cc2)C1. The minimum absolute atomic E-state index is 0.0146. The molecule has 0 bridgehead atoms. The Morgan fingerprint density at radius 3 is 2.48 bits per heavy atom. The lowest BCUT2D eigenvalue weighted by Crippen LogP contribution is -2.33. The molecule has 1 aromatic carbocycles. The second kappa shape index (κ2) is 6.77. The third-order valence-electron chi connectivity index (χ3n) is 3.49. The Bertz CT molecular complexity index is 594. The first-order valence-corrected chi connectivity index (χ1v) is 9.15. The molecular weight excluding hydrogens is 314 g/mol. The third-order valence-corrected chi connectivity index (χ3v) is 4.86. The van der Waals surface area contributed by atoms with E-state index in [-0.39, 0.29) is 10.8 Å². The van der Waals surface area contributed by atoms with Gasteiger partial charge in [-0.25, -0.2) is 8.42 Å². The maximum Gasteiger partial charge on any atom is 0.261 e. The highest BCUT2D eigenvalue weighted by atomic mass is 35.7. The molecule has 0 aliphatic heterocycles. The van der Waals surface area contributed by atoms with Gasteiger partial charge in [-0.1, -0.05) is 0 Å². The van der Waals surface area contributed by atoms with Gasteiger partial charge >= 0.3 is 0 Å². The van der Waals surface area contributed by atoms with Gasteiger partial charge in [0, 0.05) is 29.4 Å². The summed E-state index contributed by atoms with van der Waals surface area (Å²) in [7, 11) is 1.50. The fourth-order valence-corrected chi connectivity index (χ4v) is 3.16. The Labute approximate surface area is 129 Å². The highest BCUT2D eigenvalue weighted by Gasteiger charge is 2.31. The number of rotatable bonds is 6. The average Bonchev–Trinajstić information content (AvgIpc) is 2.36. The lowest BCUT2D eigenvalue weighted by molar-refractivity contribution is -0.119. The van der Waals surface area contributed by atoms with Crippen LogP contribution in [-0.2, 0) is 18.6 Å². The molecule has 1 saturated carbocycles. The van der Waals surface area contributed by atoms with Gasteiger partial charge in [0.15, 0.2) is 0 Å². The Morgan fingerprint density at radius 1 is 1.33 bits per heavy atom. The summed E-state index contributed by atoms with van der Waals surface area (Å²) >= 11 is 0. The molecule has 1 aromatic rings. The van der Waals surface area contributed by atoms with E-state index in [0.717, 1.165) is 12.8 Å². The van der Waals surface area contributed by atoms with Crippen molar-refractivity contribution in [3.8, 4) is 0 Å². The molecule has 0 atom stereocenters. The highest BCUT2D eigenvalue weighted by Crippen LogP contribution is 2.32. The molecule has 1 fully saturated rings. The van der Waals surface area contributed by atoms with Gasteiger partial charge in [0.25, 0.3) is 9.05 Å². The third kappa shape index (κ3) is 4.69. The molecular formula is C14H18ClNO4S. The number of benzene rings is 1. The van der Waals surface area contributed by atoms with Crippen molar-refractivity contribution in [2.75, 3.05) is 11.9 Å². The van der Waals surface area contributed by atoms with E-state index in [1.807, 2.05) is 6.92 Å². The van der Waals surface area contributed by atoms with Gasteiger partial charge in [0.1, 0.15) is 0 Å². The Hall–Kier alpha value is -1.11. The fourth-order valence-electron chi connectivity index (χ4n) is 2.39. The lowest BCUT2D eigenvalue weighted by atomic mass is 9.80. The van der Waals surface area contributed by atoms with Crippen LogP contribution in [0, 0.1) is 5.92 Å². The van der Waals surface area contributed by atoms with Crippen molar-refractivity contribution < 1.29 is 17.9 Å². The van der Waals surface area contributed by atoms with E-state index in [4.69, 9.17) is 15.4 Å². The standard InChI is InChI=1S/C14H18ClNO4S/c1-2-20-12-7-10(8-12)9-14(17)16-11-3-5-13(6-4-11)21(15,18)19/h3-6,10,12H,2,7-9H2,1H3,(H,16,17). The number of ether oxygens (including phenoxy) is 1. The quantitative estimate of drug-likeness (QED) is 0.813. The van der Waals surface area contributed by atoms with Crippen LogP contribution in [0.25, 0.3) is 0 Å². The molecule has 1 N–H and O–H groups in total. The van der Waals surface area contributed by atoms with E-state index in [1.54, 1.807) is 0 Å². The number of carbonyl (C=O) groups excluding carboxylic acids is 1. The van der Waals surface area contributed by atoms with Gasteiger partial charge in [-0.3, -0.25) is 4.79 Å². The number of nitrogens with one attached hydrogen (secondary N) is 1. The molecule has 1 aliphatic carbocycles. The number of anilines is 1. The van der Waals surface area contributed by atoms with E-state index >= 15 is 0 Å². The van der Waals surface area contributed by atoms with E-state index in [9.17, 15) is 13.2 Å². The van der Waals surface area contributed by atoms with Crippen molar-refractivity contribution in [2.24, 2.45) is 5.92 Å². The van der Waals surface area contributed by atoms with Crippen LogP contribution in [0.4, 0.5) is 5.69 Å². The summed E-state index contributed by atoms with van der Waals surface area (Å²) < 4.78 is 27.7. The summed E-state index contributed by atoms with van der Waals surface area (Å²) in [5, 5.41) is 2.75. The van der Waals surface area contributed by atoms with E-state index < -0.39 is 9.05 Å². The van der Waals surface area contributed by atoms with Gasteiger partial charge in [-0.05, 0) is 49.9 Å². The predicted molar refractivity (Wildman–Crippen MR) is 80.9 cm³/mol. The van der Waals surface area contributed by atoms with Gasteiger partial charge < -0.3 is 10.1 Å². The monoisotopic (exact) mass is 331 g/mol. The number of hydrogen-bond donors (Lipinski definition) is 1. The Balaban J connectivity index is 1.81. The summed E-state index contributed by atoms with van der Waals surface area (Å²) in [5.74, 6) is 0.292. The smallest absolute Gasteiger partial charge is 0.261 e. The van der Waals surface area contributed by atoms with Crippen molar-refractivity contribution in [2.45, 2.75) is 37.2 Å². The van der Waals surface area contributed by atoms with Crippen LogP contribution in [0.1, 0.15) is 26.2 Å². The molecule has 0 radical (unpaired) electrons. The summed E-state index contributed by atoms with van der Waals surface area (Å²) in [4.78, 5) is 11.9. The van der Waals surface area contributed by atoms with E-state index in [2.05, 4.69) is 5.32 Å². The molecule has 7 heteroatoms. The first-order valence-electron chi connectivity index (χ1n) is 6.84. The van der Waals surface area contributed by atoms with Gasteiger partial charge in [-0.2, -0.15) is 0 Å². The van der Waals surface area contributed by atoms with Crippen LogP contribution in [0.3, 0.4) is 0 Å². The minimum atomic E-state index is -3.73. The van der Waals surface area contributed by atoms with E-state index in [1.165, 1.54) is 24.3 Å². The van der Waals surface area contributed by atoms with Crippen molar-refractivity contribution in [1.82, 2.24) is 0 Å². The van der Waals surface area contributed by atoms with Crippen LogP contribution >= 0.6 is 10.7 Å². The number of carbonyl (C=O) groups is 1. The fraction of sp³-hybridized carbons (Fsp3) is 0.500.